The second-order valence-corrected chi connectivity index (χ2v) is 4.73. The minimum absolute atomic E-state index is 0.0405. The maximum absolute atomic E-state index is 11.4. The molecule has 2 rings (SSSR count). The molecule has 3 nitrogen and oxygen atoms in total. The van der Waals surface area contributed by atoms with Gasteiger partial charge in [0.15, 0.2) is 0 Å². The van der Waals surface area contributed by atoms with Crippen LogP contribution in [0.25, 0.3) is 0 Å². The average Bonchev–Trinajstić information content (AvgIpc) is 2.62. The van der Waals surface area contributed by atoms with Crippen molar-refractivity contribution >= 4 is 5.97 Å². The summed E-state index contributed by atoms with van der Waals surface area (Å²) in [6.07, 6.45) is 5.91. The molecule has 1 heterocycles. The summed E-state index contributed by atoms with van der Waals surface area (Å²) in [7, 11) is 0. The summed E-state index contributed by atoms with van der Waals surface area (Å²) >= 11 is 0. The SMILES string of the molecule is CCOC(=O)CC1NC[C@@H]2CCCC[C@H]12. The van der Waals surface area contributed by atoms with Crippen molar-refractivity contribution in [1.29, 1.82) is 0 Å². The van der Waals surface area contributed by atoms with Crippen molar-refractivity contribution in [2.75, 3.05) is 13.2 Å². The second kappa shape index (κ2) is 4.97. The smallest absolute Gasteiger partial charge is 0.307 e. The van der Waals surface area contributed by atoms with E-state index in [0.717, 1.165) is 18.4 Å². The van der Waals surface area contributed by atoms with Gasteiger partial charge in [0.25, 0.3) is 0 Å². The normalized spacial score (nSPS) is 34.9. The van der Waals surface area contributed by atoms with Crippen molar-refractivity contribution in [3.05, 3.63) is 0 Å². The summed E-state index contributed by atoms with van der Waals surface area (Å²) in [6, 6.07) is 0.384. The predicted octanol–water partition coefficient (Wildman–Crippen LogP) is 1.72. The van der Waals surface area contributed by atoms with Crippen molar-refractivity contribution < 1.29 is 9.53 Å². The molecule has 2 aliphatic rings. The Morgan fingerprint density at radius 3 is 3.00 bits per heavy atom. The summed E-state index contributed by atoms with van der Waals surface area (Å²) in [5.41, 5.74) is 0. The number of nitrogens with one attached hydrogen (secondary N) is 1. The Morgan fingerprint density at radius 2 is 2.20 bits per heavy atom. The van der Waals surface area contributed by atoms with E-state index in [9.17, 15) is 4.79 Å². The lowest BCUT2D eigenvalue weighted by Crippen LogP contribution is -2.31. The number of rotatable bonds is 3. The van der Waals surface area contributed by atoms with E-state index >= 15 is 0 Å². The lowest BCUT2D eigenvalue weighted by Gasteiger charge is -2.27. The van der Waals surface area contributed by atoms with Gasteiger partial charge in [-0.2, -0.15) is 0 Å². The van der Waals surface area contributed by atoms with E-state index < -0.39 is 0 Å². The van der Waals surface area contributed by atoms with Gasteiger partial charge in [-0.1, -0.05) is 12.8 Å². The van der Waals surface area contributed by atoms with Crippen LogP contribution in [0.2, 0.25) is 0 Å². The molecule has 3 atom stereocenters. The van der Waals surface area contributed by atoms with E-state index in [1.165, 1.54) is 25.7 Å². The summed E-state index contributed by atoms with van der Waals surface area (Å²) in [6.45, 7) is 3.47. The van der Waals surface area contributed by atoms with Gasteiger partial charge >= 0.3 is 5.97 Å². The topological polar surface area (TPSA) is 38.3 Å². The average molecular weight is 211 g/mol. The summed E-state index contributed by atoms with van der Waals surface area (Å²) in [4.78, 5) is 11.4. The van der Waals surface area contributed by atoms with Crippen molar-refractivity contribution in [3.63, 3.8) is 0 Å². The second-order valence-electron chi connectivity index (χ2n) is 4.73. The Morgan fingerprint density at radius 1 is 1.40 bits per heavy atom. The van der Waals surface area contributed by atoms with Gasteiger partial charge in [0.2, 0.25) is 0 Å². The number of carbonyl (C=O) groups is 1. The van der Waals surface area contributed by atoms with Crippen LogP contribution in [0.5, 0.6) is 0 Å². The largest absolute Gasteiger partial charge is 0.466 e. The lowest BCUT2D eigenvalue weighted by atomic mass is 9.78. The zero-order chi connectivity index (χ0) is 10.7. The minimum atomic E-state index is -0.0405. The molecule has 1 saturated heterocycles. The van der Waals surface area contributed by atoms with Gasteiger partial charge in [0.05, 0.1) is 13.0 Å². The highest BCUT2D eigenvalue weighted by atomic mass is 16.5. The molecule has 0 bridgehead atoms. The molecule has 3 heteroatoms. The molecule has 0 radical (unpaired) electrons. The van der Waals surface area contributed by atoms with Crippen LogP contribution in [0.15, 0.2) is 0 Å². The van der Waals surface area contributed by atoms with Gasteiger partial charge < -0.3 is 10.1 Å². The first kappa shape index (κ1) is 10.9. The van der Waals surface area contributed by atoms with Crippen molar-refractivity contribution in [2.24, 2.45) is 11.8 Å². The highest BCUT2D eigenvalue weighted by Crippen LogP contribution is 2.36. The summed E-state index contributed by atoms with van der Waals surface area (Å²) in [5, 5.41) is 3.49. The molecule has 0 aromatic heterocycles. The number of fused-ring (bicyclic) bond motifs is 1. The first-order valence-corrected chi connectivity index (χ1v) is 6.20. The summed E-state index contributed by atoms with van der Waals surface area (Å²) in [5.74, 6) is 1.50. The first-order chi connectivity index (χ1) is 7.31. The predicted molar refractivity (Wildman–Crippen MR) is 58.5 cm³/mol. The quantitative estimate of drug-likeness (QED) is 0.722. The van der Waals surface area contributed by atoms with E-state index in [1.54, 1.807) is 0 Å². The van der Waals surface area contributed by atoms with E-state index in [4.69, 9.17) is 4.74 Å². The first-order valence-electron chi connectivity index (χ1n) is 6.20. The van der Waals surface area contributed by atoms with Crippen LogP contribution in [0.4, 0.5) is 0 Å². The highest BCUT2D eigenvalue weighted by Gasteiger charge is 2.38. The van der Waals surface area contributed by atoms with Crippen LogP contribution in [-0.4, -0.2) is 25.2 Å². The van der Waals surface area contributed by atoms with Crippen LogP contribution in [0.1, 0.15) is 39.0 Å². The number of hydrogen-bond donors (Lipinski definition) is 1. The van der Waals surface area contributed by atoms with E-state index in [1.807, 2.05) is 6.92 Å². The zero-order valence-corrected chi connectivity index (χ0v) is 9.50. The van der Waals surface area contributed by atoms with E-state index in [-0.39, 0.29) is 5.97 Å². The number of esters is 1. The van der Waals surface area contributed by atoms with Crippen LogP contribution < -0.4 is 5.32 Å². The lowest BCUT2D eigenvalue weighted by molar-refractivity contribution is -0.143. The Labute approximate surface area is 91.6 Å². The third-order valence-electron chi connectivity index (χ3n) is 3.82. The van der Waals surface area contributed by atoms with Gasteiger partial charge in [0.1, 0.15) is 0 Å². The summed E-state index contributed by atoms with van der Waals surface area (Å²) < 4.78 is 5.00. The fourth-order valence-corrected chi connectivity index (χ4v) is 3.10. The molecule has 86 valence electrons. The number of hydrogen-bond acceptors (Lipinski definition) is 3. The van der Waals surface area contributed by atoms with Gasteiger partial charge in [-0.3, -0.25) is 4.79 Å². The molecule has 1 saturated carbocycles. The Kier molecular flexibility index (Phi) is 3.62. The number of carbonyl (C=O) groups excluding carboxylic acids is 1. The monoisotopic (exact) mass is 211 g/mol. The molecule has 0 aromatic carbocycles. The third kappa shape index (κ3) is 2.51. The van der Waals surface area contributed by atoms with Gasteiger partial charge in [-0.15, -0.1) is 0 Å². The maximum Gasteiger partial charge on any atom is 0.307 e. The van der Waals surface area contributed by atoms with Crippen LogP contribution in [0.3, 0.4) is 0 Å². The van der Waals surface area contributed by atoms with Gasteiger partial charge in [0, 0.05) is 6.04 Å². The Balaban J connectivity index is 1.85. The van der Waals surface area contributed by atoms with Gasteiger partial charge in [-0.25, -0.2) is 0 Å². The fraction of sp³-hybridized carbons (Fsp3) is 0.917. The highest BCUT2D eigenvalue weighted by molar-refractivity contribution is 5.70. The third-order valence-corrected chi connectivity index (χ3v) is 3.82. The number of ether oxygens (including phenoxy) is 1. The van der Waals surface area contributed by atoms with Gasteiger partial charge in [-0.05, 0) is 38.1 Å². The molecule has 1 aliphatic carbocycles. The molecular formula is C12H21NO2. The molecule has 15 heavy (non-hydrogen) atoms. The zero-order valence-electron chi connectivity index (χ0n) is 9.50. The standard InChI is InChI=1S/C12H21NO2/c1-2-15-12(14)7-11-10-6-4-3-5-9(10)8-13-11/h9-11,13H,2-8H2,1H3/t9-,10-,11?/m0/s1. The molecule has 0 aromatic rings. The van der Waals surface area contributed by atoms with Crippen molar-refractivity contribution in [3.8, 4) is 0 Å². The van der Waals surface area contributed by atoms with Crippen molar-refractivity contribution in [2.45, 2.75) is 45.1 Å². The molecule has 1 aliphatic heterocycles. The van der Waals surface area contributed by atoms with E-state index in [2.05, 4.69) is 5.32 Å². The minimum Gasteiger partial charge on any atom is -0.466 e. The van der Waals surface area contributed by atoms with Crippen LogP contribution >= 0.6 is 0 Å². The molecular weight excluding hydrogens is 190 g/mol. The van der Waals surface area contributed by atoms with Crippen molar-refractivity contribution in [1.82, 2.24) is 5.32 Å². The van der Waals surface area contributed by atoms with Crippen LogP contribution in [0, 0.1) is 11.8 Å². The Bertz CT molecular complexity index is 230. The molecule has 0 spiro atoms. The fourth-order valence-electron chi connectivity index (χ4n) is 3.10. The molecule has 1 N–H and O–H groups in total. The van der Waals surface area contributed by atoms with E-state index in [0.29, 0.717) is 19.1 Å². The molecule has 1 unspecified atom stereocenters. The van der Waals surface area contributed by atoms with Crippen LogP contribution in [-0.2, 0) is 9.53 Å². The molecule has 2 fully saturated rings. The molecule has 0 amide bonds. The maximum atomic E-state index is 11.4. The Hall–Kier alpha value is -0.570.